The Morgan fingerprint density at radius 2 is 1.47 bits per heavy atom. The summed E-state index contributed by atoms with van der Waals surface area (Å²) in [6.45, 7) is 7.81. The quantitative estimate of drug-likeness (QED) is 0.502. The van der Waals surface area contributed by atoms with Crippen LogP contribution < -0.4 is 10.6 Å². The van der Waals surface area contributed by atoms with Gasteiger partial charge in [-0.3, -0.25) is 4.79 Å². The van der Waals surface area contributed by atoms with Crippen molar-refractivity contribution in [3.63, 3.8) is 0 Å². The van der Waals surface area contributed by atoms with E-state index in [2.05, 4.69) is 31.4 Å². The highest BCUT2D eigenvalue weighted by atomic mass is 16.1. The van der Waals surface area contributed by atoms with Gasteiger partial charge in [-0.2, -0.15) is 0 Å². The van der Waals surface area contributed by atoms with Crippen LogP contribution in [0.3, 0.4) is 0 Å². The minimum Gasteiger partial charge on any atom is -0.355 e. The maximum Gasteiger partial charge on any atom is 0.233 e. The second-order valence-electron chi connectivity index (χ2n) is 5.42. The molecular weight excluding hydrogens is 236 g/mol. The van der Waals surface area contributed by atoms with Crippen molar-refractivity contribution in [2.75, 3.05) is 13.1 Å². The third-order valence-electron chi connectivity index (χ3n) is 3.44. The number of hydrogen-bond donors (Lipinski definition) is 2. The van der Waals surface area contributed by atoms with E-state index < -0.39 is 0 Å². The van der Waals surface area contributed by atoms with Crippen molar-refractivity contribution < 1.29 is 4.79 Å². The molecule has 0 aliphatic rings. The van der Waals surface area contributed by atoms with E-state index in [0.29, 0.717) is 12.6 Å². The summed E-state index contributed by atoms with van der Waals surface area (Å²) in [7, 11) is 0. The molecule has 0 heterocycles. The number of unbranched alkanes of at least 4 members (excludes halogenated alkanes) is 4. The van der Waals surface area contributed by atoms with E-state index in [-0.39, 0.29) is 5.91 Å². The zero-order valence-corrected chi connectivity index (χ0v) is 13.3. The van der Waals surface area contributed by atoms with Gasteiger partial charge in [0.1, 0.15) is 0 Å². The molecule has 0 radical (unpaired) electrons. The van der Waals surface area contributed by atoms with E-state index in [4.69, 9.17) is 0 Å². The van der Waals surface area contributed by atoms with Crippen molar-refractivity contribution in [3.8, 4) is 0 Å². The average molecular weight is 270 g/mol. The largest absolute Gasteiger partial charge is 0.355 e. The highest BCUT2D eigenvalue weighted by Crippen LogP contribution is 2.10. The number of amides is 1. The Hall–Kier alpha value is -0.570. The minimum atomic E-state index is 0.137. The summed E-state index contributed by atoms with van der Waals surface area (Å²) in [5, 5.41) is 6.35. The van der Waals surface area contributed by atoms with Gasteiger partial charge in [-0.1, -0.05) is 59.3 Å². The van der Waals surface area contributed by atoms with E-state index in [9.17, 15) is 4.79 Å². The second kappa shape index (κ2) is 13.9. The lowest BCUT2D eigenvalue weighted by Crippen LogP contribution is -2.39. The van der Waals surface area contributed by atoms with Crippen LogP contribution in [0, 0.1) is 0 Å². The second-order valence-corrected chi connectivity index (χ2v) is 5.42. The topological polar surface area (TPSA) is 41.1 Å². The van der Waals surface area contributed by atoms with Gasteiger partial charge < -0.3 is 10.6 Å². The number of hydrogen-bond acceptors (Lipinski definition) is 2. The van der Waals surface area contributed by atoms with Gasteiger partial charge in [0, 0.05) is 12.6 Å². The third kappa shape index (κ3) is 12.2. The molecule has 0 spiro atoms. The van der Waals surface area contributed by atoms with Gasteiger partial charge in [0.2, 0.25) is 5.91 Å². The first-order valence-corrected chi connectivity index (χ1v) is 8.24. The predicted octanol–water partition coefficient (Wildman–Crippen LogP) is 3.63. The molecule has 19 heavy (non-hydrogen) atoms. The van der Waals surface area contributed by atoms with Crippen molar-refractivity contribution in [2.45, 2.75) is 84.6 Å². The molecule has 0 unspecified atom stereocenters. The summed E-state index contributed by atoms with van der Waals surface area (Å²) in [5.74, 6) is 0.137. The number of carbonyl (C=O) groups excluding carboxylic acids is 1. The molecule has 0 rings (SSSR count). The van der Waals surface area contributed by atoms with Gasteiger partial charge in [-0.25, -0.2) is 0 Å². The average Bonchev–Trinajstić information content (AvgIpc) is 2.42. The Balaban J connectivity index is 3.84. The van der Waals surface area contributed by atoms with Gasteiger partial charge in [0.15, 0.2) is 0 Å². The molecule has 0 aliphatic carbocycles. The number of nitrogens with one attached hydrogen (secondary N) is 2. The van der Waals surface area contributed by atoms with Crippen LogP contribution in [-0.2, 0) is 4.79 Å². The van der Waals surface area contributed by atoms with E-state index >= 15 is 0 Å². The van der Waals surface area contributed by atoms with Gasteiger partial charge >= 0.3 is 0 Å². The Morgan fingerprint density at radius 1 is 0.895 bits per heavy atom. The fourth-order valence-corrected chi connectivity index (χ4v) is 2.19. The summed E-state index contributed by atoms with van der Waals surface area (Å²) >= 11 is 0. The highest BCUT2D eigenvalue weighted by molar-refractivity contribution is 5.77. The van der Waals surface area contributed by atoms with E-state index in [1.165, 1.54) is 51.4 Å². The fraction of sp³-hybridized carbons (Fsp3) is 0.938. The van der Waals surface area contributed by atoms with E-state index in [0.717, 1.165) is 13.0 Å². The lowest BCUT2D eigenvalue weighted by Gasteiger charge is -2.18. The monoisotopic (exact) mass is 270 g/mol. The maximum absolute atomic E-state index is 11.6. The Labute approximate surface area is 119 Å². The van der Waals surface area contributed by atoms with Crippen molar-refractivity contribution in [1.82, 2.24) is 10.6 Å². The minimum absolute atomic E-state index is 0.137. The molecule has 0 aromatic carbocycles. The van der Waals surface area contributed by atoms with Crippen LogP contribution in [0.4, 0.5) is 0 Å². The van der Waals surface area contributed by atoms with Crippen LogP contribution in [-0.4, -0.2) is 25.0 Å². The van der Waals surface area contributed by atoms with Crippen molar-refractivity contribution in [1.29, 1.82) is 0 Å². The highest BCUT2D eigenvalue weighted by Gasteiger charge is 2.09. The molecule has 3 nitrogen and oxygen atoms in total. The molecule has 0 atom stereocenters. The first-order valence-electron chi connectivity index (χ1n) is 8.24. The summed E-state index contributed by atoms with van der Waals surface area (Å²) in [4.78, 5) is 11.6. The fourth-order valence-electron chi connectivity index (χ4n) is 2.19. The molecule has 0 fully saturated rings. The Kier molecular flexibility index (Phi) is 13.4. The first kappa shape index (κ1) is 18.4. The zero-order chi connectivity index (χ0) is 14.3. The van der Waals surface area contributed by atoms with Crippen LogP contribution in [0.1, 0.15) is 78.6 Å². The number of carbonyl (C=O) groups is 1. The predicted molar refractivity (Wildman–Crippen MR) is 83.4 cm³/mol. The molecule has 1 amide bonds. The number of rotatable bonds is 13. The maximum atomic E-state index is 11.6. The van der Waals surface area contributed by atoms with E-state index in [1.807, 2.05) is 0 Å². The van der Waals surface area contributed by atoms with Crippen molar-refractivity contribution >= 4 is 5.91 Å². The molecule has 114 valence electrons. The van der Waals surface area contributed by atoms with Crippen molar-refractivity contribution in [3.05, 3.63) is 0 Å². The lowest BCUT2D eigenvalue weighted by atomic mass is 10.0. The first-order chi connectivity index (χ1) is 9.24. The van der Waals surface area contributed by atoms with Gasteiger partial charge in [0.25, 0.3) is 0 Å². The van der Waals surface area contributed by atoms with Gasteiger partial charge in [0.05, 0.1) is 6.54 Å². The Morgan fingerprint density at radius 3 is 1.95 bits per heavy atom. The van der Waals surface area contributed by atoms with Crippen LogP contribution in [0.25, 0.3) is 0 Å². The molecule has 0 bridgehead atoms. The molecule has 0 saturated heterocycles. The third-order valence-corrected chi connectivity index (χ3v) is 3.44. The lowest BCUT2D eigenvalue weighted by molar-refractivity contribution is -0.120. The van der Waals surface area contributed by atoms with Gasteiger partial charge in [-0.05, 0) is 19.3 Å². The Bertz CT molecular complexity index is 197. The molecule has 0 aromatic rings. The summed E-state index contributed by atoms with van der Waals surface area (Å²) in [5.41, 5.74) is 0. The molecular formula is C16H34N2O. The summed E-state index contributed by atoms with van der Waals surface area (Å²) in [6, 6.07) is 0.519. The van der Waals surface area contributed by atoms with E-state index in [1.54, 1.807) is 0 Å². The molecule has 0 aromatic heterocycles. The van der Waals surface area contributed by atoms with Crippen LogP contribution >= 0.6 is 0 Å². The normalized spacial score (nSPS) is 10.9. The molecule has 2 N–H and O–H groups in total. The summed E-state index contributed by atoms with van der Waals surface area (Å²) in [6.07, 6.45) is 11.1. The smallest absolute Gasteiger partial charge is 0.233 e. The van der Waals surface area contributed by atoms with Crippen LogP contribution in [0.15, 0.2) is 0 Å². The molecule has 0 saturated carbocycles. The SMILES string of the molecule is CCCCCC(CCCCC)NCC(=O)NCCC. The zero-order valence-electron chi connectivity index (χ0n) is 13.3. The molecule has 0 aliphatic heterocycles. The standard InChI is InChI=1S/C16H34N2O/c1-4-7-9-11-15(12-10-8-5-2)18-14-16(19)17-13-6-3/h15,18H,4-14H2,1-3H3,(H,17,19). The van der Waals surface area contributed by atoms with Crippen LogP contribution in [0.2, 0.25) is 0 Å². The van der Waals surface area contributed by atoms with Crippen LogP contribution in [0.5, 0.6) is 0 Å². The molecule has 3 heteroatoms. The summed E-state index contributed by atoms with van der Waals surface area (Å²) < 4.78 is 0. The van der Waals surface area contributed by atoms with Gasteiger partial charge in [-0.15, -0.1) is 0 Å². The van der Waals surface area contributed by atoms with Crippen molar-refractivity contribution in [2.24, 2.45) is 0 Å².